The third kappa shape index (κ3) is 8.72. The molecule has 3 nitrogen and oxygen atoms in total. The van der Waals surface area contributed by atoms with Gasteiger partial charge in [-0.15, -0.1) is 0 Å². The van der Waals surface area contributed by atoms with E-state index in [2.05, 4.69) is 26.1 Å². The van der Waals surface area contributed by atoms with Crippen LogP contribution in [0.15, 0.2) is 0 Å². The summed E-state index contributed by atoms with van der Waals surface area (Å²) in [5.41, 5.74) is -0.123. The van der Waals surface area contributed by atoms with Crippen LogP contribution in [0.3, 0.4) is 0 Å². The zero-order chi connectivity index (χ0) is 12.6. The largest absolute Gasteiger partial charge is 0.464 e. The third-order valence-corrected chi connectivity index (χ3v) is 2.30. The molecular formula is C13H27NO2. The Morgan fingerprint density at radius 3 is 2.50 bits per heavy atom. The number of nitrogens with one attached hydrogen (secondary N) is 1. The van der Waals surface area contributed by atoms with Crippen molar-refractivity contribution in [3.05, 3.63) is 0 Å². The molecule has 0 atom stereocenters. The van der Waals surface area contributed by atoms with Gasteiger partial charge >= 0.3 is 5.97 Å². The molecule has 1 N–H and O–H groups in total. The molecule has 16 heavy (non-hydrogen) atoms. The molecule has 0 aliphatic rings. The maximum Gasteiger partial charge on any atom is 0.306 e. The van der Waals surface area contributed by atoms with Crippen LogP contribution in [0.5, 0.6) is 0 Å². The van der Waals surface area contributed by atoms with Crippen LogP contribution in [0.1, 0.15) is 53.9 Å². The summed E-state index contributed by atoms with van der Waals surface area (Å²) in [4.78, 5) is 11.4. The Hall–Kier alpha value is -0.570. The van der Waals surface area contributed by atoms with E-state index in [1.807, 2.05) is 13.8 Å². The monoisotopic (exact) mass is 229 g/mol. The van der Waals surface area contributed by atoms with E-state index in [-0.39, 0.29) is 11.5 Å². The highest BCUT2D eigenvalue weighted by atomic mass is 16.5. The number of unbranched alkanes of at least 4 members (excludes halogenated alkanes) is 1. The summed E-state index contributed by atoms with van der Waals surface area (Å²) >= 11 is 0. The molecule has 96 valence electrons. The molecule has 0 amide bonds. The Labute approximate surface area is 99.9 Å². The SMILES string of the molecule is CCCCNC(C)(C)COC(=O)CC(C)C. The van der Waals surface area contributed by atoms with Crippen LogP contribution in [0.4, 0.5) is 0 Å². The predicted octanol–water partition coefficient (Wildman–Crippen LogP) is 2.74. The zero-order valence-electron chi connectivity index (χ0n) is 11.4. The third-order valence-electron chi connectivity index (χ3n) is 2.30. The maximum atomic E-state index is 11.4. The van der Waals surface area contributed by atoms with Gasteiger partial charge in [0.25, 0.3) is 0 Å². The number of esters is 1. The van der Waals surface area contributed by atoms with Crippen LogP contribution in [0.2, 0.25) is 0 Å². The van der Waals surface area contributed by atoms with E-state index >= 15 is 0 Å². The highest BCUT2D eigenvalue weighted by Gasteiger charge is 2.19. The van der Waals surface area contributed by atoms with E-state index < -0.39 is 0 Å². The van der Waals surface area contributed by atoms with Crippen molar-refractivity contribution in [3.8, 4) is 0 Å². The lowest BCUT2D eigenvalue weighted by Crippen LogP contribution is -2.44. The molecule has 0 saturated carbocycles. The Morgan fingerprint density at radius 2 is 2.00 bits per heavy atom. The second-order valence-electron chi connectivity index (χ2n) is 5.42. The van der Waals surface area contributed by atoms with Crippen molar-refractivity contribution in [2.24, 2.45) is 5.92 Å². The molecule has 0 saturated heterocycles. The van der Waals surface area contributed by atoms with Crippen molar-refractivity contribution in [3.63, 3.8) is 0 Å². The summed E-state index contributed by atoms with van der Waals surface area (Å²) in [6, 6.07) is 0. The van der Waals surface area contributed by atoms with Gasteiger partial charge in [-0.25, -0.2) is 0 Å². The summed E-state index contributed by atoms with van der Waals surface area (Å²) in [6.07, 6.45) is 2.84. The molecule has 0 aromatic carbocycles. The molecular weight excluding hydrogens is 202 g/mol. The topological polar surface area (TPSA) is 38.3 Å². The highest BCUT2D eigenvalue weighted by Crippen LogP contribution is 2.06. The first kappa shape index (κ1) is 15.4. The van der Waals surface area contributed by atoms with Crippen molar-refractivity contribution in [1.82, 2.24) is 5.32 Å². The fourth-order valence-corrected chi connectivity index (χ4v) is 1.31. The van der Waals surface area contributed by atoms with Crippen molar-refractivity contribution < 1.29 is 9.53 Å². The van der Waals surface area contributed by atoms with Crippen LogP contribution in [0, 0.1) is 5.92 Å². The number of hydrogen-bond acceptors (Lipinski definition) is 3. The Morgan fingerprint density at radius 1 is 1.38 bits per heavy atom. The number of hydrogen-bond donors (Lipinski definition) is 1. The second-order valence-corrected chi connectivity index (χ2v) is 5.42. The molecule has 0 bridgehead atoms. The standard InChI is InChI=1S/C13H27NO2/c1-6-7-8-14-13(4,5)10-16-12(15)9-11(2)3/h11,14H,6-10H2,1-5H3. The quantitative estimate of drug-likeness (QED) is 0.514. The molecule has 0 unspecified atom stereocenters. The molecule has 0 heterocycles. The van der Waals surface area contributed by atoms with Gasteiger partial charge in [0.15, 0.2) is 0 Å². The lowest BCUT2D eigenvalue weighted by molar-refractivity contribution is -0.146. The molecule has 0 fully saturated rings. The van der Waals surface area contributed by atoms with Gasteiger partial charge in [0.2, 0.25) is 0 Å². The lowest BCUT2D eigenvalue weighted by Gasteiger charge is -2.26. The van der Waals surface area contributed by atoms with Crippen molar-refractivity contribution in [2.45, 2.75) is 59.4 Å². The smallest absolute Gasteiger partial charge is 0.306 e. The lowest BCUT2D eigenvalue weighted by atomic mass is 10.1. The van der Waals surface area contributed by atoms with E-state index in [0.29, 0.717) is 18.9 Å². The number of carbonyl (C=O) groups is 1. The Balaban J connectivity index is 3.75. The van der Waals surface area contributed by atoms with E-state index in [1.54, 1.807) is 0 Å². The van der Waals surface area contributed by atoms with E-state index in [4.69, 9.17) is 4.74 Å². The predicted molar refractivity (Wildman–Crippen MR) is 67.4 cm³/mol. The van der Waals surface area contributed by atoms with E-state index in [9.17, 15) is 4.79 Å². The fourth-order valence-electron chi connectivity index (χ4n) is 1.31. The Kier molecular flexibility index (Phi) is 7.39. The van der Waals surface area contributed by atoms with Gasteiger partial charge in [0, 0.05) is 12.0 Å². The highest BCUT2D eigenvalue weighted by molar-refractivity contribution is 5.69. The minimum Gasteiger partial charge on any atom is -0.464 e. The summed E-state index contributed by atoms with van der Waals surface area (Å²) in [7, 11) is 0. The summed E-state index contributed by atoms with van der Waals surface area (Å²) in [6.45, 7) is 11.7. The normalized spacial score (nSPS) is 11.9. The molecule has 0 aliphatic heterocycles. The van der Waals surface area contributed by atoms with Crippen molar-refractivity contribution in [1.29, 1.82) is 0 Å². The average Bonchev–Trinajstić information content (AvgIpc) is 2.14. The van der Waals surface area contributed by atoms with Gasteiger partial charge < -0.3 is 10.1 Å². The fraction of sp³-hybridized carbons (Fsp3) is 0.923. The van der Waals surface area contributed by atoms with Crippen LogP contribution in [0.25, 0.3) is 0 Å². The minimum absolute atomic E-state index is 0.0969. The van der Waals surface area contributed by atoms with Gasteiger partial charge in [-0.1, -0.05) is 27.2 Å². The maximum absolute atomic E-state index is 11.4. The first-order chi connectivity index (χ1) is 7.37. The summed E-state index contributed by atoms with van der Waals surface area (Å²) in [5.74, 6) is 0.268. The van der Waals surface area contributed by atoms with E-state index in [1.165, 1.54) is 6.42 Å². The molecule has 0 aliphatic carbocycles. The van der Waals surface area contributed by atoms with Gasteiger partial charge in [0.1, 0.15) is 6.61 Å². The average molecular weight is 229 g/mol. The van der Waals surface area contributed by atoms with Crippen molar-refractivity contribution in [2.75, 3.05) is 13.2 Å². The van der Waals surface area contributed by atoms with Crippen LogP contribution < -0.4 is 5.32 Å². The van der Waals surface area contributed by atoms with Gasteiger partial charge in [-0.2, -0.15) is 0 Å². The molecule has 0 aromatic heterocycles. The van der Waals surface area contributed by atoms with Crippen LogP contribution in [-0.2, 0) is 9.53 Å². The number of ether oxygens (including phenoxy) is 1. The molecule has 0 aromatic rings. The number of carbonyl (C=O) groups excluding carboxylic acids is 1. The molecule has 0 radical (unpaired) electrons. The first-order valence-corrected chi connectivity index (χ1v) is 6.28. The van der Waals surface area contributed by atoms with Gasteiger partial charge in [-0.05, 0) is 32.7 Å². The molecule has 0 rings (SSSR count). The summed E-state index contributed by atoms with van der Waals surface area (Å²) in [5, 5.41) is 3.39. The van der Waals surface area contributed by atoms with Gasteiger partial charge in [-0.3, -0.25) is 4.79 Å². The van der Waals surface area contributed by atoms with Crippen LogP contribution in [-0.4, -0.2) is 24.7 Å². The van der Waals surface area contributed by atoms with Crippen molar-refractivity contribution >= 4 is 5.97 Å². The molecule has 0 spiro atoms. The van der Waals surface area contributed by atoms with E-state index in [0.717, 1.165) is 13.0 Å². The first-order valence-electron chi connectivity index (χ1n) is 6.28. The minimum atomic E-state index is -0.123. The summed E-state index contributed by atoms with van der Waals surface area (Å²) < 4.78 is 5.25. The Bertz CT molecular complexity index is 200. The van der Waals surface area contributed by atoms with Gasteiger partial charge in [0.05, 0.1) is 0 Å². The molecule has 3 heteroatoms. The van der Waals surface area contributed by atoms with Crippen LogP contribution >= 0.6 is 0 Å². The second kappa shape index (κ2) is 7.66. The zero-order valence-corrected chi connectivity index (χ0v) is 11.4. The number of rotatable bonds is 8.